The van der Waals surface area contributed by atoms with Gasteiger partial charge in [-0.25, -0.2) is 9.97 Å². The van der Waals surface area contributed by atoms with Crippen molar-refractivity contribution in [3.63, 3.8) is 0 Å². The number of nitrogens with zero attached hydrogens (tertiary/aromatic N) is 2. The second kappa shape index (κ2) is 5.64. The lowest BCUT2D eigenvalue weighted by Gasteiger charge is -2.11. The minimum Gasteiger partial charge on any atom is -0.480 e. The van der Waals surface area contributed by atoms with Crippen LogP contribution in [0.5, 0.6) is 0 Å². The number of aliphatic carboxylic acids is 1. The van der Waals surface area contributed by atoms with Gasteiger partial charge >= 0.3 is 5.97 Å². The molecule has 1 aromatic heterocycles. The molecule has 0 fully saturated rings. The largest absolute Gasteiger partial charge is 0.480 e. The van der Waals surface area contributed by atoms with Crippen LogP contribution in [0.15, 0.2) is 47.8 Å². The van der Waals surface area contributed by atoms with Gasteiger partial charge in [-0.3, -0.25) is 4.79 Å². The highest BCUT2D eigenvalue weighted by Crippen LogP contribution is 2.34. The quantitative estimate of drug-likeness (QED) is 0.676. The van der Waals surface area contributed by atoms with E-state index in [1.54, 1.807) is 18.2 Å². The average Bonchev–Trinajstić information content (AvgIpc) is 2.37. The van der Waals surface area contributed by atoms with Crippen LogP contribution in [-0.4, -0.2) is 21.0 Å². The van der Waals surface area contributed by atoms with Crippen molar-refractivity contribution < 1.29 is 9.90 Å². The van der Waals surface area contributed by atoms with E-state index in [0.717, 1.165) is 11.3 Å². The summed E-state index contributed by atoms with van der Waals surface area (Å²) in [6.45, 7) is 1.85. The molecule has 18 heavy (non-hydrogen) atoms. The third-order valence-electron chi connectivity index (χ3n) is 2.34. The summed E-state index contributed by atoms with van der Waals surface area (Å²) in [5.74, 6) is -0.873. The van der Waals surface area contributed by atoms with Crippen LogP contribution in [0, 0.1) is 6.92 Å². The van der Waals surface area contributed by atoms with E-state index in [0.29, 0.717) is 5.03 Å². The molecule has 1 N–H and O–H groups in total. The number of aromatic nitrogens is 2. The lowest BCUT2D eigenvalue weighted by atomic mass is 10.1. The first-order chi connectivity index (χ1) is 8.66. The molecule has 0 amide bonds. The lowest BCUT2D eigenvalue weighted by molar-refractivity contribution is -0.136. The summed E-state index contributed by atoms with van der Waals surface area (Å²) in [4.78, 5) is 19.4. The fourth-order valence-electron chi connectivity index (χ4n) is 1.50. The topological polar surface area (TPSA) is 63.1 Å². The van der Waals surface area contributed by atoms with Gasteiger partial charge in [-0.15, -0.1) is 0 Å². The van der Waals surface area contributed by atoms with Crippen molar-refractivity contribution in [3.05, 3.63) is 54.0 Å². The highest BCUT2D eigenvalue weighted by molar-refractivity contribution is 8.00. The molecule has 0 aliphatic rings. The second-order valence-corrected chi connectivity index (χ2v) is 4.87. The number of hydrogen-bond acceptors (Lipinski definition) is 4. The van der Waals surface area contributed by atoms with E-state index in [4.69, 9.17) is 0 Å². The molecule has 0 aliphatic heterocycles. The molecule has 5 heteroatoms. The highest BCUT2D eigenvalue weighted by Gasteiger charge is 2.21. The first kappa shape index (κ1) is 12.6. The molecule has 0 unspecified atom stereocenters. The maximum atomic E-state index is 11.3. The van der Waals surface area contributed by atoms with Gasteiger partial charge in [-0.1, -0.05) is 42.1 Å². The number of carbonyl (C=O) groups is 1. The Hall–Kier alpha value is -1.88. The van der Waals surface area contributed by atoms with E-state index in [1.165, 1.54) is 18.1 Å². The Labute approximate surface area is 109 Å². The molecule has 0 radical (unpaired) electrons. The van der Waals surface area contributed by atoms with E-state index >= 15 is 0 Å². The molecule has 2 rings (SSSR count). The predicted molar refractivity (Wildman–Crippen MR) is 69.4 cm³/mol. The first-order valence-electron chi connectivity index (χ1n) is 5.40. The van der Waals surface area contributed by atoms with Crippen molar-refractivity contribution in [3.8, 4) is 0 Å². The molecule has 2 aromatic rings. The molecule has 1 heterocycles. The fraction of sp³-hybridized carbons (Fsp3) is 0.154. The SMILES string of the molecule is Cc1cc(S[C@@H](C(=O)O)c2ccccc2)ncn1. The molecular weight excluding hydrogens is 248 g/mol. The van der Waals surface area contributed by atoms with Crippen molar-refractivity contribution in [1.29, 1.82) is 0 Å². The van der Waals surface area contributed by atoms with Crippen LogP contribution >= 0.6 is 11.8 Å². The number of hydrogen-bond donors (Lipinski definition) is 1. The zero-order chi connectivity index (χ0) is 13.0. The summed E-state index contributed by atoms with van der Waals surface area (Å²) in [7, 11) is 0. The number of carboxylic acids is 1. The van der Waals surface area contributed by atoms with Crippen LogP contribution in [-0.2, 0) is 4.79 Å². The van der Waals surface area contributed by atoms with Crippen molar-refractivity contribution in [2.75, 3.05) is 0 Å². The number of carboxylic acid groups (broad SMARTS) is 1. The first-order valence-corrected chi connectivity index (χ1v) is 6.28. The molecule has 92 valence electrons. The van der Waals surface area contributed by atoms with E-state index in [1.807, 2.05) is 25.1 Å². The van der Waals surface area contributed by atoms with Crippen molar-refractivity contribution in [2.45, 2.75) is 17.2 Å². The van der Waals surface area contributed by atoms with Gasteiger partial charge in [-0.2, -0.15) is 0 Å². The molecule has 0 spiro atoms. The molecule has 1 aromatic carbocycles. The minimum atomic E-state index is -0.873. The van der Waals surface area contributed by atoms with Gasteiger partial charge in [0.2, 0.25) is 0 Å². The van der Waals surface area contributed by atoms with Crippen LogP contribution < -0.4 is 0 Å². The molecule has 0 saturated carbocycles. The molecule has 1 atom stereocenters. The van der Waals surface area contributed by atoms with Crippen LogP contribution in [0.1, 0.15) is 16.5 Å². The van der Waals surface area contributed by atoms with Gasteiger partial charge in [0.15, 0.2) is 0 Å². The summed E-state index contributed by atoms with van der Waals surface area (Å²) in [5.41, 5.74) is 1.58. The zero-order valence-corrected chi connectivity index (χ0v) is 10.6. The van der Waals surface area contributed by atoms with Crippen molar-refractivity contribution in [2.24, 2.45) is 0 Å². The summed E-state index contributed by atoms with van der Waals surface area (Å²) in [5, 5.41) is 9.31. The molecule has 0 bridgehead atoms. The third kappa shape index (κ3) is 3.07. The van der Waals surface area contributed by atoms with Crippen molar-refractivity contribution in [1.82, 2.24) is 9.97 Å². The van der Waals surface area contributed by atoms with Gasteiger partial charge in [-0.05, 0) is 18.6 Å². The van der Waals surface area contributed by atoms with Gasteiger partial charge in [0.25, 0.3) is 0 Å². The van der Waals surface area contributed by atoms with Crippen LogP contribution in [0.3, 0.4) is 0 Å². The van der Waals surface area contributed by atoms with Crippen LogP contribution in [0.25, 0.3) is 0 Å². The van der Waals surface area contributed by atoms with E-state index in [9.17, 15) is 9.90 Å². The fourth-order valence-corrected chi connectivity index (χ4v) is 2.49. The highest BCUT2D eigenvalue weighted by atomic mass is 32.2. The number of benzene rings is 1. The third-order valence-corrected chi connectivity index (χ3v) is 3.52. The van der Waals surface area contributed by atoms with E-state index < -0.39 is 11.2 Å². The van der Waals surface area contributed by atoms with E-state index in [2.05, 4.69) is 9.97 Å². The Kier molecular flexibility index (Phi) is 3.94. The van der Waals surface area contributed by atoms with Gasteiger partial charge in [0.05, 0.1) is 0 Å². The maximum Gasteiger partial charge on any atom is 0.321 e. The average molecular weight is 260 g/mol. The molecule has 4 nitrogen and oxygen atoms in total. The lowest BCUT2D eigenvalue weighted by Crippen LogP contribution is -2.08. The van der Waals surface area contributed by atoms with Crippen LogP contribution in [0.4, 0.5) is 0 Å². The molecule has 0 aliphatic carbocycles. The Bertz CT molecular complexity index is 546. The van der Waals surface area contributed by atoms with Crippen LogP contribution in [0.2, 0.25) is 0 Å². The Morgan fingerprint density at radius 2 is 2.00 bits per heavy atom. The monoisotopic (exact) mass is 260 g/mol. The summed E-state index contributed by atoms with van der Waals surface area (Å²) < 4.78 is 0. The van der Waals surface area contributed by atoms with Crippen molar-refractivity contribution >= 4 is 17.7 Å². The number of aryl methyl sites for hydroxylation is 1. The molecule has 0 saturated heterocycles. The standard InChI is InChI=1S/C13H12N2O2S/c1-9-7-11(15-8-14-9)18-12(13(16)17)10-5-3-2-4-6-10/h2-8,12H,1H3,(H,16,17)/t12-/m1/s1. The van der Waals surface area contributed by atoms with E-state index in [-0.39, 0.29) is 0 Å². The number of thioether (sulfide) groups is 1. The summed E-state index contributed by atoms with van der Waals surface area (Å²) in [6, 6.07) is 10.9. The second-order valence-electron chi connectivity index (χ2n) is 3.74. The zero-order valence-electron chi connectivity index (χ0n) is 9.78. The summed E-state index contributed by atoms with van der Waals surface area (Å²) in [6.07, 6.45) is 1.45. The molecular formula is C13H12N2O2S. The Balaban J connectivity index is 2.25. The Morgan fingerprint density at radius 3 is 2.61 bits per heavy atom. The maximum absolute atomic E-state index is 11.3. The summed E-state index contributed by atoms with van der Waals surface area (Å²) >= 11 is 1.21. The number of rotatable bonds is 4. The predicted octanol–water partition coefficient (Wildman–Crippen LogP) is 2.70. The smallest absolute Gasteiger partial charge is 0.321 e. The Morgan fingerprint density at radius 1 is 1.28 bits per heavy atom. The van der Waals surface area contributed by atoms with Gasteiger partial charge in [0, 0.05) is 5.69 Å². The minimum absolute atomic E-state index is 0.652. The normalized spacial score (nSPS) is 12.1. The van der Waals surface area contributed by atoms with Gasteiger partial charge in [0.1, 0.15) is 16.6 Å². The van der Waals surface area contributed by atoms with Gasteiger partial charge < -0.3 is 5.11 Å².